The van der Waals surface area contributed by atoms with Crippen molar-refractivity contribution >= 4 is 11.9 Å². The molecule has 0 heterocycles. The minimum atomic E-state index is -0.841. The molecule has 0 aromatic heterocycles. The van der Waals surface area contributed by atoms with Gasteiger partial charge in [0.1, 0.15) is 0 Å². The number of nitrogens with one attached hydrogen (secondary N) is 1. The number of hydrogen-bond donors (Lipinski definition) is 3. The fourth-order valence-electron chi connectivity index (χ4n) is 10.9. The molecular formula is C70H135NO5. The van der Waals surface area contributed by atoms with Crippen molar-refractivity contribution in [1.82, 2.24) is 5.32 Å². The van der Waals surface area contributed by atoms with Crippen LogP contribution in [0.3, 0.4) is 0 Å². The fraction of sp³-hybridized carbons (Fsp3) is 0.914. The van der Waals surface area contributed by atoms with Gasteiger partial charge in [0.05, 0.1) is 25.4 Å². The molecule has 0 aliphatic heterocycles. The molecule has 2 atom stereocenters. The second-order valence-corrected chi connectivity index (χ2v) is 23.9. The highest BCUT2D eigenvalue weighted by Crippen LogP contribution is 2.19. The van der Waals surface area contributed by atoms with Crippen LogP contribution in [0.2, 0.25) is 0 Å². The zero-order valence-corrected chi connectivity index (χ0v) is 51.5. The predicted octanol–water partition coefficient (Wildman–Crippen LogP) is 22.1. The Bertz CT molecular complexity index is 1190. The van der Waals surface area contributed by atoms with Crippen molar-refractivity contribution in [3.63, 3.8) is 0 Å². The summed E-state index contributed by atoms with van der Waals surface area (Å²) in [5.41, 5.74) is 0. The van der Waals surface area contributed by atoms with Crippen molar-refractivity contribution < 1.29 is 24.5 Å². The molecule has 0 radical (unpaired) electrons. The van der Waals surface area contributed by atoms with Gasteiger partial charge in [0.2, 0.25) is 5.91 Å². The van der Waals surface area contributed by atoms with Crippen LogP contribution in [-0.4, -0.2) is 47.4 Å². The Balaban J connectivity index is 3.35. The van der Waals surface area contributed by atoms with E-state index in [1.807, 2.05) is 6.08 Å². The van der Waals surface area contributed by atoms with Crippen LogP contribution in [-0.2, 0) is 14.3 Å². The molecule has 2 unspecified atom stereocenters. The topological polar surface area (TPSA) is 95.9 Å². The fourth-order valence-corrected chi connectivity index (χ4v) is 10.9. The Labute approximate surface area is 475 Å². The van der Waals surface area contributed by atoms with Crippen molar-refractivity contribution in [3.8, 4) is 0 Å². The van der Waals surface area contributed by atoms with E-state index in [0.29, 0.717) is 19.4 Å². The van der Waals surface area contributed by atoms with E-state index in [1.54, 1.807) is 6.08 Å². The Morgan fingerprint density at radius 1 is 0.355 bits per heavy atom. The van der Waals surface area contributed by atoms with Crippen LogP contribution in [0.15, 0.2) is 24.3 Å². The molecule has 0 aliphatic rings. The molecule has 0 fully saturated rings. The van der Waals surface area contributed by atoms with Gasteiger partial charge in [0.15, 0.2) is 0 Å². The molecule has 0 saturated heterocycles. The number of allylic oxidation sites excluding steroid dienone is 3. The summed E-state index contributed by atoms with van der Waals surface area (Å²) < 4.78 is 5.48. The summed E-state index contributed by atoms with van der Waals surface area (Å²) in [6.45, 7) is 4.92. The van der Waals surface area contributed by atoms with Gasteiger partial charge in [-0.25, -0.2) is 0 Å². The van der Waals surface area contributed by atoms with E-state index in [2.05, 4.69) is 31.3 Å². The molecule has 450 valence electrons. The minimum absolute atomic E-state index is 0.0110. The van der Waals surface area contributed by atoms with Crippen molar-refractivity contribution in [2.75, 3.05) is 13.2 Å². The van der Waals surface area contributed by atoms with Crippen LogP contribution >= 0.6 is 0 Å². The largest absolute Gasteiger partial charge is 0.466 e. The van der Waals surface area contributed by atoms with Crippen LogP contribution < -0.4 is 5.32 Å². The summed E-state index contributed by atoms with van der Waals surface area (Å²) in [4.78, 5) is 24.5. The molecule has 6 heteroatoms. The van der Waals surface area contributed by atoms with Gasteiger partial charge in [-0.2, -0.15) is 0 Å². The average molecular weight is 1070 g/mol. The molecule has 1 amide bonds. The summed E-state index contributed by atoms with van der Waals surface area (Å²) in [5.74, 6) is -0.0504. The number of esters is 1. The van der Waals surface area contributed by atoms with Gasteiger partial charge < -0.3 is 20.3 Å². The zero-order chi connectivity index (χ0) is 55.0. The van der Waals surface area contributed by atoms with Crippen molar-refractivity contribution in [2.45, 2.75) is 398 Å². The van der Waals surface area contributed by atoms with E-state index < -0.39 is 12.1 Å². The van der Waals surface area contributed by atoms with E-state index >= 15 is 0 Å². The molecule has 0 saturated carbocycles. The minimum Gasteiger partial charge on any atom is -0.466 e. The summed E-state index contributed by atoms with van der Waals surface area (Å²) in [7, 11) is 0. The highest BCUT2D eigenvalue weighted by Gasteiger charge is 2.18. The number of rotatable bonds is 65. The number of aliphatic hydroxyl groups excluding tert-OH is 2. The maximum Gasteiger partial charge on any atom is 0.305 e. The first-order valence-electron chi connectivity index (χ1n) is 34.6. The molecule has 0 aromatic rings. The van der Waals surface area contributed by atoms with E-state index in [9.17, 15) is 19.8 Å². The maximum atomic E-state index is 12.5. The lowest BCUT2D eigenvalue weighted by atomic mass is 10.0. The molecular weight excluding hydrogens is 935 g/mol. The molecule has 3 N–H and O–H groups in total. The third kappa shape index (κ3) is 61.6. The van der Waals surface area contributed by atoms with Gasteiger partial charge in [-0.3, -0.25) is 9.59 Å². The molecule has 0 aromatic carbocycles. The molecule has 0 bridgehead atoms. The standard InChI is InChI=1S/C70H135NO5/c1-3-5-7-9-11-13-15-17-18-35-39-42-46-50-54-58-62-68(73)67(66-72)71-69(74)63-59-55-51-47-43-40-36-33-31-29-27-25-23-21-19-20-22-24-26-28-30-32-34-37-41-45-49-53-57-61-65-76-70(75)64-60-56-52-48-44-38-16-14-12-10-8-6-4-2/h14,16,58,62,67-68,72-73H,3-13,15,17-57,59-61,63-66H2,1-2H3,(H,71,74)/b16-14-,62-58+. The van der Waals surface area contributed by atoms with Crippen molar-refractivity contribution in [1.29, 1.82) is 0 Å². The lowest BCUT2D eigenvalue weighted by Gasteiger charge is -2.20. The molecule has 0 aliphatic carbocycles. The Morgan fingerprint density at radius 3 is 0.947 bits per heavy atom. The van der Waals surface area contributed by atoms with Crippen LogP contribution in [0.25, 0.3) is 0 Å². The number of carbonyl (C=O) groups is 2. The first kappa shape index (κ1) is 74.3. The number of aliphatic hydroxyl groups is 2. The number of unbranched alkanes of at least 4 members (excludes halogenated alkanes) is 52. The highest BCUT2D eigenvalue weighted by molar-refractivity contribution is 5.76. The van der Waals surface area contributed by atoms with E-state index in [-0.39, 0.29) is 18.5 Å². The Kier molecular flexibility index (Phi) is 64.4. The summed E-state index contributed by atoms with van der Waals surface area (Å²) in [6, 6.07) is -0.624. The number of ether oxygens (including phenoxy) is 1. The maximum absolute atomic E-state index is 12.5. The first-order valence-corrected chi connectivity index (χ1v) is 34.6. The second-order valence-electron chi connectivity index (χ2n) is 23.9. The van der Waals surface area contributed by atoms with Gasteiger partial charge in [-0.05, 0) is 57.8 Å². The highest BCUT2D eigenvalue weighted by atomic mass is 16.5. The zero-order valence-electron chi connectivity index (χ0n) is 51.5. The average Bonchev–Trinajstić information content (AvgIpc) is 3.42. The molecule has 0 spiro atoms. The lowest BCUT2D eigenvalue weighted by Crippen LogP contribution is -2.45. The number of carbonyl (C=O) groups excluding carboxylic acids is 2. The molecule has 76 heavy (non-hydrogen) atoms. The number of hydrogen-bond acceptors (Lipinski definition) is 5. The third-order valence-electron chi connectivity index (χ3n) is 16.2. The third-order valence-corrected chi connectivity index (χ3v) is 16.2. The smallest absolute Gasteiger partial charge is 0.305 e. The second kappa shape index (κ2) is 65.9. The van der Waals surface area contributed by atoms with Gasteiger partial charge in [0, 0.05) is 12.8 Å². The summed E-state index contributed by atoms with van der Waals surface area (Å²) in [5, 5.41) is 23.2. The first-order chi connectivity index (χ1) is 37.5. The van der Waals surface area contributed by atoms with Crippen LogP contribution in [0.4, 0.5) is 0 Å². The van der Waals surface area contributed by atoms with Crippen molar-refractivity contribution in [3.05, 3.63) is 24.3 Å². The lowest BCUT2D eigenvalue weighted by molar-refractivity contribution is -0.143. The Morgan fingerprint density at radius 2 is 0.618 bits per heavy atom. The molecule has 6 nitrogen and oxygen atoms in total. The predicted molar refractivity (Wildman–Crippen MR) is 333 cm³/mol. The van der Waals surface area contributed by atoms with Crippen LogP contribution in [0.5, 0.6) is 0 Å². The van der Waals surface area contributed by atoms with Gasteiger partial charge in [-0.15, -0.1) is 0 Å². The quantitative estimate of drug-likeness (QED) is 0.0320. The van der Waals surface area contributed by atoms with E-state index in [1.165, 1.54) is 315 Å². The SMILES string of the molecule is CCCCCC/C=C\CCCCCCCC(=O)OCCCCCCCCCCCCCCCCCCCCCCCCCCCCCCCCC(=O)NC(CO)C(O)/C=C/CCCCCCCCCCCCCCCC. The van der Waals surface area contributed by atoms with E-state index in [4.69, 9.17) is 4.74 Å². The monoisotopic (exact) mass is 1070 g/mol. The summed E-state index contributed by atoms with van der Waals surface area (Å²) >= 11 is 0. The van der Waals surface area contributed by atoms with Crippen LogP contribution in [0.1, 0.15) is 386 Å². The van der Waals surface area contributed by atoms with Crippen molar-refractivity contribution in [2.24, 2.45) is 0 Å². The van der Waals surface area contributed by atoms with Gasteiger partial charge in [0.25, 0.3) is 0 Å². The Hall–Kier alpha value is -1.66. The van der Waals surface area contributed by atoms with Gasteiger partial charge in [-0.1, -0.05) is 340 Å². The van der Waals surface area contributed by atoms with E-state index in [0.717, 1.165) is 44.9 Å². The number of amides is 1. The van der Waals surface area contributed by atoms with Gasteiger partial charge >= 0.3 is 5.97 Å². The normalized spacial score (nSPS) is 12.6. The summed E-state index contributed by atoms with van der Waals surface area (Å²) in [6.07, 6.45) is 82.6. The van der Waals surface area contributed by atoms with Crippen LogP contribution in [0, 0.1) is 0 Å². The molecule has 0 rings (SSSR count).